The van der Waals surface area contributed by atoms with E-state index in [9.17, 15) is 14.4 Å². The van der Waals surface area contributed by atoms with Crippen LogP contribution in [0, 0.1) is 12.3 Å². The molecular weight excluding hydrogens is 240 g/mol. The van der Waals surface area contributed by atoms with E-state index in [0.717, 1.165) is 0 Å². The zero-order valence-corrected chi connectivity index (χ0v) is 10.2. The average molecular weight is 256 g/mol. The van der Waals surface area contributed by atoms with Crippen molar-refractivity contribution in [3.63, 3.8) is 0 Å². The third kappa shape index (κ3) is 6.37. The Hall–Kier alpha value is -2.23. The fourth-order valence-corrected chi connectivity index (χ4v) is 1.06. The Labute approximate surface area is 105 Å². The molecule has 0 aromatic rings. The van der Waals surface area contributed by atoms with Crippen molar-refractivity contribution in [2.75, 3.05) is 7.11 Å². The Morgan fingerprint density at radius 3 is 2.44 bits per heavy atom. The molecule has 1 unspecified atom stereocenters. The van der Waals surface area contributed by atoms with E-state index in [1.807, 2.05) is 0 Å². The molecule has 2 atom stereocenters. The zero-order chi connectivity index (χ0) is 14.1. The number of carbonyl (C=O) groups is 3. The van der Waals surface area contributed by atoms with E-state index in [4.69, 9.17) is 11.5 Å². The minimum absolute atomic E-state index is 0.0557. The van der Waals surface area contributed by atoms with Gasteiger partial charge in [-0.15, -0.1) is 6.42 Å². The lowest BCUT2D eigenvalue weighted by atomic mass is 10.1. The number of carbonyl (C=O) groups excluding carboxylic acids is 2. The van der Waals surface area contributed by atoms with Crippen LogP contribution >= 0.6 is 0 Å². The standard InChI is InChI=1S/C11H16N2O5/c1-4-7(2)12-11(17)13-8(10(15)16)5-6-9(14)18-3/h1,7-8H,5-6H2,2-3H3,(H,15,16)(H2,12,13,17)/t7?,8-/m0/s1. The summed E-state index contributed by atoms with van der Waals surface area (Å²) in [6, 6.07) is -2.38. The number of carboxylic acids is 1. The number of hydrogen-bond donors (Lipinski definition) is 3. The van der Waals surface area contributed by atoms with E-state index in [2.05, 4.69) is 21.3 Å². The van der Waals surface area contributed by atoms with E-state index >= 15 is 0 Å². The molecule has 0 bridgehead atoms. The highest BCUT2D eigenvalue weighted by Crippen LogP contribution is 1.99. The number of ether oxygens (including phenoxy) is 1. The predicted molar refractivity (Wildman–Crippen MR) is 62.6 cm³/mol. The number of urea groups is 1. The molecule has 0 aromatic heterocycles. The highest BCUT2D eigenvalue weighted by Gasteiger charge is 2.21. The van der Waals surface area contributed by atoms with Crippen LogP contribution in [-0.4, -0.2) is 42.3 Å². The summed E-state index contributed by atoms with van der Waals surface area (Å²) in [6.07, 6.45) is 4.90. The lowest BCUT2D eigenvalue weighted by Crippen LogP contribution is -2.48. The van der Waals surface area contributed by atoms with Crippen molar-refractivity contribution < 1.29 is 24.2 Å². The monoisotopic (exact) mass is 256 g/mol. The van der Waals surface area contributed by atoms with Crippen LogP contribution in [0.3, 0.4) is 0 Å². The summed E-state index contributed by atoms with van der Waals surface area (Å²) >= 11 is 0. The summed E-state index contributed by atoms with van der Waals surface area (Å²) in [5, 5.41) is 13.4. The molecule has 0 fully saturated rings. The van der Waals surface area contributed by atoms with Crippen LogP contribution in [0.4, 0.5) is 4.79 Å². The third-order valence-corrected chi connectivity index (χ3v) is 2.07. The average Bonchev–Trinajstić information content (AvgIpc) is 2.33. The van der Waals surface area contributed by atoms with Gasteiger partial charge in [-0.3, -0.25) is 4.79 Å². The Morgan fingerprint density at radius 2 is 2.00 bits per heavy atom. The van der Waals surface area contributed by atoms with Gasteiger partial charge >= 0.3 is 18.0 Å². The van der Waals surface area contributed by atoms with Gasteiger partial charge in [-0.05, 0) is 13.3 Å². The number of esters is 1. The highest BCUT2D eigenvalue weighted by molar-refractivity contribution is 5.83. The van der Waals surface area contributed by atoms with Gasteiger partial charge in [0.15, 0.2) is 0 Å². The molecule has 7 nitrogen and oxygen atoms in total. The second-order valence-electron chi connectivity index (χ2n) is 3.51. The first kappa shape index (κ1) is 15.8. The number of nitrogens with one attached hydrogen (secondary N) is 2. The van der Waals surface area contributed by atoms with Crippen LogP contribution in [0.2, 0.25) is 0 Å². The smallest absolute Gasteiger partial charge is 0.326 e. The first-order valence-electron chi connectivity index (χ1n) is 5.23. The summed E-state index contributed by atoms with van der Waals surface area (Å²) in [6.45, 7) is 1.57. The van der Waals surface area contributed by atoms with Crippen LogP contribution in [0.15, 0.2) is 0 Å². The number of terminal acetylenes is 1. The van der Waals surface area contributed by atoms with E-state index in [1.54, 1.807) is 6.92 Å². The molecule has 0 rings (SSSR count). The molecule has 0 aromatic carbocycles. The van der Waals surface area contributed by atoms with Gasteiger partial charge in [0.2, 0.25) is 0 Å². The number of rotatable bonds is 6. The van der Waals surface area contributed by atoms with Gasteiger partial charge in [0.1, 0.15) is 6.04 Å². The molecule has 0 aliphatic carbocycles. The molecule has 0 radical (unpaired) electrons. The predicted octanol–water partition coefficient (Wildman–Crippen LogP) is -0.286. The minimum Gasteiger partial charge on any atom is -0.480 e. The topological polar surface area (TPSA) is 105 Å². The van der Waals surface area contributed by atoms with Crippen molar-refractivity contribution in [3.05, 3.63) is 0 Å². The fraction of sp³-hybridized carbons (Fsp3) is 0.545. The summed E-state index contributed by atoms with van der Waals surface area (Å²) in [5.74, 6) is 0.489. The molecule has 7 heteroatoms. The highest BCUT2D eigenvalue weighted by atomic mass is 16.5. The quantitative estimate of drug-likeness (QED) is 0.447. The summed E-state index contributed by atoms with van der Waals surface area (Å²) in [7, 11) is 1.20. The van der Waals surface area contributed by atoms with E-state index in [1.165, 1.54) is 7.11 Å². The summed E-state index contributed by atoms with van der Waals surface area (Å²) < 4.78 is 4.38. The zero-order valence-electron chi connectivity index (χ0n) is 10.2. The lowest BCUT2D eigenvalue weighted by molar-refractivity contribution is -0.142. The van der Waals surface area contributed by atoms with E-state index < -0.39 is 30.1 Å². The van der Waals surface area contributed by atoms with Crippen molar-refractivity contribution in [2.24, 2.45) is 0 Å². The summed E-state index contributed by atoms with van der Waals surface area (Å²) in [5.41, 5.74) is 0. The molecule has 2 amide bonds. The Bertz CT molecular complexity index is 361. The molecule has 100 valence electrons. The molecule has 0 saturated heterocycles. The van der Waals surface area contributed by atoms with Gasteiger partial charge in [0.25, 0.3) is 0 Å². The lowest BCUT2D eigenvalue weighted by Gasteiger charge is -2.15. The van der Waals surface area contributed by atoms with Crippen molar-refractivity contribution in [2.45, 2.75) is 31.8 Å². The molecule has 3 N–H and O–H groups in total. The van der Waals surface area contributed by atoms with Gasteiger partial charge in [0.05, 0.1) is 13.2 Å². The van der Waals surface area contributed by atoms with Gasteiger partial charge in [0, 0.05) is 6.42 Å². The molecule has 0 heterocycles. The number of aliphatic carboxylic acids is 1. The number of amides is 2. The van der Waals surface area contributed by atoms with Crippen LogP contribution in [0.5, 0.6) is 0 Å². The van der Waals surface area contributed by atoms with Crippen molar-refractivity contribution >= 4 is 18.0 Å². The van der Waals surface area contributed by atoms with Crippen LogP contribution < -0.4 is 10.6 Å². The Balaban J connectivity index is 4.28. The van der Waals surface area contributed by atoms with Crippen molar-refractivity contribution in [1.82, 2.24) is 10.6 Å². The maximum Gasteiger partial charge on any atom is 0.326 e. The maximum absolute atomic E-state index is 11.3. The van der Waals surface area contributed by atoms with E-state index in [0.29, 0.717) is 0 Å². The minimum atomic E-state index is -1.23. The molecular formula is C11H16N2O5. The third-order valence-electron chi connectivity index (χ3n) is 2.07. The van der Waals surface area contributed by atoms with Crippen molar-refractivity contribution in [3.8, 4) is 12.3 Å². The Kier molecular flexibility index (Phi) is 6.96. The Morgan fingerprint density at radius 1 is 1.39 bits per heavy atom. The second kappa shape index (κ2) is 7.95. The SMILES string of the molecule is C#CC(C)NC(=O)N[C@@H](CCC(=O)OC)C(=O)O. The number of hydrogen-bond acceptors (Lipinski definition) is 4. The molecule has 0 saturated carbocycles. The fourth-order valence-electron chi connectivity index (χ4n) is 1.06. The number of methoxy groups -OCH3 is 1. The first-order chi connectivity index (χ1) is 8.40. The van der Waals surface area contributed by atoms with Gasteiger partial charge in [-0.2, -0.15) is 0 Å². The molecule has 18 heavy (non-hydrogen) atoms. The second-order valence-corrected chi connectivity index (χ2v) is 3.51. The first-order valence-corrected chi connectivity index (χ1v) is 5.23. The molecule has 0 spiro atoms. The normalized spacial score (nSPS) is 12.7. The largest absolute Gasteiger partial charge is 0.480 e. The van der Waals surface area contributed by atoms with E-state index in [-0.39, 0.29) is 12.8 Å². The summed E-state index contributed by atoms with van der Waals surface area (Å²) in [4.78, 5) is 33.1. The number of carboxylic acid groups (broad SMARTS) is 1. The van der Waals surface area contributed by atoms with Gasteiger partial charge in [-0.25, -0.2) is 9.59 Å². The van der Waals surface area contributed by atoms with Gasteiger partial charge < -0.3 is 20.5 Å². The van der Waals surface area contributed by atoms with Crippen LogP contribution in [-0.2, 0) is 14.3 Å². The molecule has 0 aliphatic rings. The van der Waals surface area contributed by atoms with Gasteiger partial charge in [-0.1, -0.05) is 5.92 Å². The molecule has 0 aliphatic heterocycles. The maximum atomic E-state index is 11.3. The van der Waals surface area contributed by atoms with Crippen molar-refractivity contribution in [1.29, 1.82) is 0 Å². The van der Waals surface area contributed by atoms with Crippen LogP contribution in [0.25, 0.3) is 0 Å². The van der Waals surface area contributed by atoms with Crippen LogP contribution in [0.1, 0.15) is 19.8 Å².